The highest BCUT2D eigenvalue weighted by Gasteiger charge is 2.12. The van der Waals surface area contributed by atoms with Crippen LogP contribution >= 0.6 is 0 Å². The first-order valence-electron chi connectivity index (χ1n) is 7.54. The first-order chi connectivity index (χ1) is 10.1. The standard InChI is InChI=1S/C16H25N3O2/c1-18(2)16(20)13-6-7-15(14(17)12-13)21-11-10-19-8-4-3-5-9-19/h6-7,12H,3-5,8-11,17H2,1-2H3. The van der Waals surface area contributed by atoms with Crippen LogP contribution in [0.2, 0.25) is 0 Å². The van der Waals surface area contributed by atoms with Crippen LogP contribution in [0.3, 0.4) is 0 Å². The molecule has 1 saturated heterocycles. The van der Waals surface area contributed by atoms with Crippen LogP contribution in [0.4, 0.5) is 5.69 Å². The SMILES string of the molecule is CN(C)C(=O)c1ccc(OCCN2CCCCC2)c(N)c1. The minimum atomic E-state index is -0.0541. The van der Waals surface area contributed by atoms with Crippen molar-refractivity contribution in [2.24, 2.45) is 0 Å². The molecule has 0 radical (unpaired) electrons. The predicted molar refractivity (Wildman–Crippen MR) is 84.7 cm³/mol. The number of likely N-dealkylation sites (tertiary alicyclic amines) is 1. The van der Waals surface area contributed by atoms with Crippen molar-refractivity contribution in [2.75, 3.05) is 46.1 Å². The Hall–Kier alpha value is -1.75. The molecule has 0 bridgehead atoms. The Morgan fingerprint density at radius 3 is 2.62 bits per heavy atom. The van der Waals surface area contributed by atoms with Gasteiger partial charge in [0.1, 0.15) is 12.4 Å². The Balaban J connectivity index is 1.87. The number of nitrogens with zero attached hydrogens (tertiary/aromatic N) is 2. The van der Waals surface area contributed by atoms with Crippen molar-refractivity contribution in [3.63, 3.8) is 0 Å². The number of hydrogen-bond donors (Lipinski definition) is 1. The molecule has 1 heterocycles. The molecular weight excluding hydrogens is 266 g/mol. The van der Waals surface area contributed by atoms with E-state index in [1.807, 2.05) is 0 Å². The largest absolute Gasteiger partial charge is 0.490 e. The van der Waals surface area contributed by atoms with Gasteiger partial charge in [-0.15, -0.1) is 0 Å². The summed E-state index contributed by atoms with van der Waals surface area (Å²) in [5.41, 5.74) is 7.07. The number of piperidine rings is 1. The lowest BCUT2D eigenvalue weighted by atomic mass is 10.1. The van der Waals surface area contributed by atoms with Crippen LogP contribution in [0.5, 0.6) is 5.75 Å². The Morgan fingerprint density at radius 1 is 1.29 bits per heavy atom. The number of anilines is 1. The normalized spacial score (nSPS) is 15.7. The van der Waals surface area contributed by atoms with E-state index in [1.54, 1.807) is 32.3 Å². The first-order valence-corrected chi connectivity index (χ1v) is 7.54. The van der Waals surface area contributed by atoms with E-state index in [4.69, 9.17) is 10.5 Å². The number of amides is 1. The quantitative estimate of drug-likeness (QED) is 0.841. The van der Waals surface area contributed by atoms with Gasteiger partial charge in [0.15, 0.2) is 0 Å². The number of rotatable bonds is 5. The first kappa shape index (κ1) is 15.6. The van der Waals surface area contributed by atoms with Gasteiger partial charge in [0.05, 0.1) is 5.69 Å². The Morgan fingerprint density at radius 2 is 2.00 bits per heavy atom. The zero-order valence-electron chi connectivity index (χ0n) is 13.0. The van der Waals surface area contributed by atoms with Crippen LogP contribution in [0.15, 0.2) is 18.2 Å². The molecule has 1 aliphatic heterocycles. The molecule has 5 heteroatoms. The van der Waals surface area contributed by atoms with Gasteiger partial charge >= 0.3 is 0 Å². The molecule has 2 N–H and O–H groups in total. The maximum absolute atomic E-state index is 11.9. The van der Waals surface area contributed by atoms with Crippen LogP contribution in [0, 0.1) is 0 Å². The Labute approximate surface area is 126 Å². The third kappa shape index (κ3) is 4.36. The van der Waals surface area contributed by atoms with E-state index in [0.29, 0.717) is 23.6 Å². The van der Waals surface area contributed by atoms with E-state index in [0.717, 1.165) is 19.6 Å². The summed E-state index contributed by atoms with van der Waals surface area (Å²) in [4.78, 5) is 15.8. The van der Waals surface area contributed by atoms with E-state index in [-0.39, 0.29) is 5.91 Å². The fourth-order valence-electron chi connectivity index (χ4n) is 2.54. The van der Waals surface area contributed by atoms with Crippen molar-refractivity contribution < 1.29 is 9.53 Å². The Kier molecular flexibility index (Phi) is 5.44. The third-order valence-corrected chi connectivity index (χ3v) is 3.78. The van der Waals surface area contributed by atoms with Crippen molar-refractivity contribution in [3.05, 3.63) is 23.8 Å². The highest BCUT2D eigenvalue weighted by Crippen LogP contribution is 2.23. The van der Waals surface area contributed by atoms with Gasteiger partial charge in [-0.25, -0.2) is 0 Å². The number of carbonyl (C=O) groups is 1. The molecule has 0 spiro atoms. The summed E-state index contributed by atoms with van der Waals surface area (Å²) in [6.45, 7) is 3.88. The van der Waals surface area contributed by atoms with Gasteiger partial charge in [-0.1, -0.05) is 6.42 Å². The molecule has 116 valence electrons. The van der Waals surface area contributed by atoms with Crippen LogP contribution in [-0.2, 0) is 0 Å². The number of ether oxygens (including phenoxy) is 1. The highest BCUT2D eigenvalue weighted by molar-refractivity contribution is 5.95. The van der Waals surface area contributed by atoms with Gasteiger partial charge in [-0.3, -0.25) is 9.69 Å². The summed E-state index contributed by atoms with van der Waals surface area (Å²) in [5, 5.41) is 0. The summed E-state index contributed by atoms with van der Waals surface area (Å²) in [6, 6.07) is 5.22. The molecule has 0 aromatic heterocycles. The molecule has 0 saturated carbocycles. The average molecular weight is 291 g/mol. The molecule has 1 aromatic carbocycles. The smallest absolute Gasteiger partial charge is 0.253 e. The average Bonchev–Trinajstić information content (AvgIpc) is 2.49. The third-order valence-electron chi connectivity index (χ3n) is 3.78. The van der Waals surface area contributed by atoms with E-state index >= 15 is 0 Å². The van der Waals surface area contributed by atoms with Crippen LogP contribution < -0.4 is 10.5 Å². The van der Waals surface area contributed by atoms with Gasteiger partial charge < -0.3 is 15.4 Å². The maximum atomic E-state index is 11.9. The Bertz CT molecular complexity index is 482. The van der Waals surface area contributed by atoms with Gasteiger partial charge in [0, 0.05) is 26.2 Å². The second-order valence-corrected chi connectivity index (χ2v) is 5.70. The maximum Gasteiger partial charge on any atom is 0.253 e. The van der Waals surface area contributed by atoms with E-state index in [1.165, 1.54) is 24.2 Å². The summed E-state index contributed by atoms with van der Waals surface area (Å²) in [7, 11) is 3.45. The molecule has 1 aliphatic rings. The van der Waals surface area contributed by atoms with Crippen LogP contribution in [0.25, 0.3) is 0 Å². The fourth-order valence-corrected chi connectivity index (χ4v) is 2.54. The molecule has 0 unspecified atom stereocenters. The molecule has 1 aromatic rings. The van der Waals surface area contributed by atoms with Crippen molar-refractivity contribution >= 4 is 11.6 Å². The van der Waals surface area contributed by atoms with Crippen molar-refractivity contribution in [1.29, 1.82) is 0 Å². The van der Waals surface area contributed by atoms with E-state index < -0.39 is 0 Å². The number of carbonyl (C=O) groups excluding carboxylic acids is 1. The molecule has 0 aliphatic carbocycles. The van der Waals surface area contributed by atoms with Crippen LogP contribution in [-0.4, -0.2) is 56.0 Å². The molecule has 21 heavy (non-hydrogen) atoms. The molecule has 2 rings (SSSR count). The number of benzene rings is 1. The zero-order valence-corrected chi connectivity index (χ0v) is 13.0. The second-order valence-electron chi connectivity index (χ2n) is 5.70. The number of nitrogens with two attached hydrogens (primary N) is 1. The van der Waals surface area contributed by atoms with E-state index in [2.05, 4.69) is 4.90 Å². The lowest BCUT2D eigenvalue weighted by Gasteiger charge is -2.26. The topological polar surface area (TPSA) is 58.8 Å². The fraction of sp³-hybridized carbons (Fsp3) is 0.562. The van der Waals surface area contributed by atoms with Gasteiger partial charge in [-0.2, -0.15) is 0 Å². The van der Waals surface area contributed by atoms with Gasteiger partial charge in [-0.05, 0) is 44.1 Å². The predicted octanol–water partition coefficient (Wildman–Crippen LogP) is 1.84. The monoisotopic (exact) mass is 291 g/mol. The zero-order chi connectivity index (χ0) is 15.2. The molecule has 5 nitrogen and oxygen atoms in total. The summed E-state index contributed by atoms with van der Waals surface area (Å²) in [6.07, 6.45) is 3.90. The lowest BCUT2D eigenvalue weighted by molar-refractivity contribution is 0.0827. The minimum absolute atomic E-state index is 0.0541. The van der Waals surface area contributed by atoms with Gasteiger partial charge in [0.2, 0.25) is 0 Å². The van der Waals surface area contributed by atoms with Crippen molar-refractivity contribution in [3.8, 4) is 5.75 Å². The molecular formula is C16H25N3O2. The summed E-state index contributed by atoms with van der Waals surface area (Å²) >= 11 is 0. The van der Waals surface area contributed by atoms with Crippen molar-refractivity contribution in [2.45, 2.75) is 19.3 Å². The number of nitrogen functional groups attached to an aromatic ring is 1. The van der Waals surface area contributed by atoms with E-state index in [9.17, 15) is 4.79 Å². The lowest BCUT2D eigenvalue weighted by Crippen LogP contribution is -2.33. The molecule has 1 fully saturated rings. The molecule has 0 atom stereocenters. The van der Waals surface area contributed by atoms with Gasteiger partial charge in [0.25, 0.3) is 5.91 Å². The summed E-state index contributed by atoms with van der Waals surface area (Å²) < 4.78 is 5.74. The highest BCUT2D eigenvalue weighted by atomic mass is 16.5. The van der Waals surface area contributed by atoms with Crippen LogP contribution in [0.1, 0.15) is 29.6 Å². The molecule has 1 amide bonds. The second kappa shape index (κ2) is 7.31. The number of hydrogen-bond acceptors (Lipinski definition) is 4. The minimum Gasteiger partial charge on any atom is -0.490 e. The summed E-state index contributed by atoms with van der Waals surface area (Å²) in [5.74, 6) is 0.601. The van der Waals surface area contributed by atoms with Crippen molar-refractivity contribution in [1.82, 2.24) is 9.80 Å².